The Morgan fingerprint density at radius 1 is 1.44 bits per heavy atom. The van der Waals surface area contributed by atoms with E-state index in [0.717, 1.165) is 24.8 Å². The molecule has 0 radical (unpaired) electrons. The van der Waals surface area contributed by atoms with Gasteiger partial charge in [0.2, 0.25) is 5.39 Å². The molecular weight excluding hydrogens is 204 g/mol. The standard InChI is InChI=1S/C12H14N2O2/c1-16-12-7-5-10(6-8-12)3-2-4-11(15)9-14-13/h5-9H,2-4H2,1H3/p+1/b11-9+. The van der Waals surface area contributed by atoms with Crippen molar-refractivity contribution in [2.24, 2.45) is 0 Å². The molecule has 1 rings (SSSR count). The summed E-state index contributed by atoms with van der Waals surface area (Å²) in [5.41, 5.74) is 1.19. The molecule has 0 amide bonds. The summed E-state index contributed by atoms with van der Waals surface area (Å²) < 4.78 is 5.05. The summed E-state index contributed by atoms with van der Waals surface area (Å²) in [7, 11) is 1.64. The molecule has 0 aliphatic rings. The highest BCUT2D eigenvalue weighted by Gasteiger charge is 2.00. The lowest BCUT2D eigenvalue weighted by atomic mass is 10.1. The quantitative estimate of drug-likeness (QED) is 0.610. The fourth-order valence-electron chi connectivity index (χ4n) is 1.40. The van der Waals surface area contributed by atoms with Gasteiger partial charge in [-0.2, -0.15) is 0 Å². The Bertz CT molecular complexity index is 390. The summed E-state index contributed by atoms with van der Waals surface area (Å²) in [5.74, 6) is 0.932. The minimum Gasteiger partial charge on any atom is -0.505 e. The number of diazo groups is 1. The topological polar surface area (TPSA) is 57.6 Å². The van der Waals surface area contributed by atoms with Crippen LogP contribution in [-0.4, -0.2) is 12.2 Å². The van der Waals surface area contributed by atoms with E-state index < -0.39 is 0 Å². The lowest BCUT2D eigenvalue weighted by molar-refractivity contribution is 0.384. The molecule has 0 heterocycles. The normalized spacial score (nSPS) is 10.9. The predicted molar refractivity (Wildman–Crippen MR) is 61.7 cm³/mol. The third kappa shape index (κ3) is 4.01. The van der Waals surface area contributed by atoms with E-state index in [1.807, 2.05) is 24.3 Å². The molecule has 84 valence electrons. The lowest BCUT2D eigenvalue weighted by Crippen LogP contribution is -1.88. The van der Waals surface area contributed by atoms with Gasteiger partial charge in [0, 0.05) is 6.42 Å². The van der Waals surface area contributed by atoms with Crippen LogP contribution in [0.15, 0.2) is 36.2 Å². The van der Waals surface area contributed by atoms with Crippen LogP contribution in [0.3, 0.4) is 0 Å². The first kappa shape index (κ1) is 12.1. The number of hydrogen-bond acceptors (Lipinski definition) is 3. The summed E-state index contributed by atoms with van der Waals surface area (Å²) in [6.07, 6.45) is 3.24. The third-order valence-electron chi connectivity index (χ3n) is 2.26. The number of methoxy groups -OCH3 is 1. The van der Waals surface area contributed by atoms with Crippen molar-refractivity contribution in [3.8, 4) is 5.75 Å². The summed E-state index contributed by atoms with van der Waals surface area (Å²) in [5, 5.41) is 17.4. The van der Waals surface area contributed by atoms with Crippen LogP contribution >= 0.6 is 0 Å². The van der Waals surface area contributed by atoms with Crippen molar-refractivity contribution in [1.82, 2.24) is 0 Å². The second kappa shape index (κ2) is 6.46. The fraction of sp³-hybridized carbons (Fsp3) is 0.333. The Kier molecular flexibility index (Phi) is 4.87. The van der Waals surface area contributed by atoms with Gasteiger partial charge in [0.1, 0.15) is 5.75 Å². The molecule has 4 heteroatoms. The van der Waals surface area contributed by atoms with Crippen molar-refractivity contribution in [2.75, 3.05) is 7.11 Å². The maximum atomic E-state index is 9.20. The Balaban J connectivity index is 2.38. The van der Waals surface area contributed by atoms with Crippen LogP contribution in [0.1, 0.15) is 18.4 Å². The van der Waals surface area contributed by atoms with Crippen molar-refractivity contribution in [3.05, 3.63) is 46.8 Å². The van der Waals surface area contributed by atoms with E-state index in [-0.39, 0.29) is 5.76 Å². The molecule has 16 heavy (non-hydrogen) atoms. The van der Waals surface area contributed by atoms with Crippen molar-refractivity contribution in [1.29, 1.82) is 5.39 Å². The van der Waals surface area contributed by atoms with Crippen LogP contribution in [0, 0.1) is 5.39 Å². The van der Waals surface area contributed by atoms with Gasteiger partial charge in [-0.25, -0.2) is 0 Å². The number of hydrogen-bond donors (Lipinski definition) is 1. The lowest BCUT2D eigenvalue weighted by Gasteiger charge is -2.02. The Labute approximate surface area is 94.8 Å². The molecular formula is C12H15N2O2+. The van der Waals surface area contributed by atoms with Crippen LogP contribution in [0.5, 0.6) is 5.75 Å². The van der Waals surface area contributed by atoms with Gasteiger partial charge < -0.3 is 9.84 Å². The Hall–Kier alpha value is -2.02. The van der Waals surface area contributed by atoms with E-state index in [2.05, 4.69) is 4.98 Å². The minimum absolute atomic E-state index is 0.0935. The highest BCUT2D eigenvalue weighted by molar-refractivity contribution is 5.27. The summed E-state index contributed by atoms with van der Waals surface area (Å²) in [6.45, 7) is 0. The van der Waals surface area contributed by atoms with Crippen LogP contribution < -0.4 is 4.74 Å². The minimum atomic E-state index is 0.0935. The fourth-order valence-corrected chi connectivity index (χ4v) is 1.40. The van der Waals surface area contributed by atoms with Crippen molar-refractivity contribution >= 4 is 0 Å². The molecule has 0 bridgehead atoms. The summed E-state index contributed by atoms with van der Waals surface area (Å²) >= 11 is 0. The smallest absolute Gasteiger partial charge is 0.387 e. The van der Waals surface area contributed by atoms with E-state index in [0.29, 0.717) is 6.42 Å². The van der Waals surface area contributed by atoms with Crippen molar-refractivity contribution < 1.29 is 9.84 Å². The molecule has 0 saturated carbocycles. The number of ether oxygens (including phenoxy) is 1. The second-order valence-corrected chi connectivity index (χ2v) is 3.44. The van der Waals surface area contributed by atoms with E-state index in [1.165, 1.54) is 5.56 Å². The number of aliphatic hydroxyl groups is 1. The van der Waals surface area contributed by atoms with Gasteiger partial charge in [0.15, 0.2) is 10.7 Å². The van der Waals surface area contributed by atoms with E-state index in [4.69, 9.17) is 10.1 Å². The average molecular weight is 219 g/mol. The zero-order valence-electron chi connectivity index (χ0n) is 9.26. The molecule has 4 nitrogen and oxygen atoms in total. The van der Waals surface area contributed by atoms with Crippen LogP contribution in [0.2, 0.25) is 0 Å². The molecule has 1 aromatic carbocycles. The van der Waals surface area contributed by atoms with Crippen molar-refractivity contribution in [3.63, 3.8) is 0 Å². The maximum Gasteiger partial charge on any atom is 0.387 e. The summed E-state index contributed by atoms with van der Waals surface area (Å²) in [6, 6.07) is 7.81. The first-order chi connectivity index (χ1) is 7.76. The number of aliphatic hydroxyl groups excluding tert-OH is 1. The monoisotopic (exact) mass is 219 g/mol. The number of benzene rings is 1. The molecule has 0 saturated heterocycles. The highest BCUT2D eigenvalue weighted by Crippen LogP contribution is 2.14. The predicted octanol–water partition coefficient (Wildman–Crippen LogP) is 3.27. The zero-order valence-corrected chi connectivity index (χ0v) is 9.26. The van der Waals surface area contributed by atoms with Gasteiger partial charge in [-0.05, 0) is 30.5 Å². The number of aryl methyl sites for hydroxylation is 1. The first-order valence-electron chi connectivity index (χ1n) is 5.11. The molecule has 0 atom stereocenters. The number of rotatable bonds is 5. The average Bonchev–Trinajstić information content (AvgIpc) is 2.30. The molecule has 0 unspecified atom stereocenters. The van der Waals surface area contributed by atoms with E-state index in [1.54, 1.807) is 7.11 Å². The Morgan fingerprint density at radius 2 is 2.12 bits per heavy atom. The summed E-state index contributed by atoms with van der Waals surface area (Å²) in [4.78, 5) is 2.76. The maximum absolute atomic E-state index is 9.20. The largest absolute Gasteiger partial charge is 0.505 e. The van der Waals surface area contributed by atoms with E-state index >= 15 is 0 Å². The SMILES string of the molecule is COc1ccc(CCC/C(O)=C\[N+]#N)cc1. The van der Waals surface area contributed by atoms with Crippen LogP contribution in [-0.2, 0) is 6.42 Å². The molecule has 1 N–H and O–H groups in total. The second-order valence-electron chi connectivity index (χ2n) is 3.44. The van der Waals surface area contributed by atoms with Crippen molar-refractivity contribution in [2.45, 2.75) is 19.3 Å². The number of allylic oxidation sites excluding steroid dienone is 1. The molecule has 0 aliphatic heterocycles. The highest BCUT2D eigenvalue weighted by atomic mass is 16.5. The van der Waals surface area contributed by atoms with Gasteiger partial charge in [0.25, 0.3) is 0 Å². The van der Waals surface area contributed by atoms with Gasteiger partial charge in [-0.3, -0.25) is 0 Å². The van der Waals surface area contributed by atoms with Crippen LogP contribution in [0.25, 0.3) is 4.98 Å². The van der Waals surface area contributed by atoms with Crippen LogP contribution in [0.4, 0.5) is 0 Å². The Morgan fingerprint density at radius 3 is 2.69 bits per heavy atom. The molecule has 0 aliphatic carbocycles. The first-order valence-corrected chi connectivity index (χ1v) is 5.11. The van der Waals surface area contributed by atoms with Gasteiger partial charge in [-0.15, -0.1) is 0 Å². The van der Waals surface area contributed by atoms with Gasteiger partial charge >= 0.3 is 6.20 Å². The molecule has 0 aromatic heterocycles. The molecule has 1 aromatic rings. The molecule has 0 fully saturated rings. The number of nitrogens with zero attached hydrogens (tertiary/aromatic N) is 2. The van der Waals surface area contributed by atoms with E-state index in [9.17, 15) is 5.11 Å². The van der Waals surface area contributed by atoms with Gasteiger partial charge in [-0.1, -0.05) is 12.1 Å². The third-order valence-corrected chi connectivity index (χ3v) is 2.26. The molecule has 0 spiro atoms. The zero-order chi connectivity index (χ0) is 11.8. The van der Waals surface area contributed by atoms with Gasteiger partial charge in [0.05, 0.1) is 7.11 Å².